The number of carbonyl (C=O) groups is 2. The molecule has 1 aromatic carbocycles. The topological polar surface area (TPSA) is 65.8 Å². The number of fused-ring (bicyclic) bond motifs is 1. The SMILES string of the molecule is Cc1c(C(=O)NCCCN2CCC[C@H]2C(=O)N(C)C)oc2c(C)cccc12. The summed E-state index contributed by atoms with van der Waals surface area (Å²) in [6, 6.07) is 5.92. The molecular weight excluding hydrogens is 342 g/mol. The molecule has 27 heavy (non-hydrogen) atoms. The minimum absolute atomic E-state index is 0.0173. The summed E-state index contributed by atoms with van der Waals surface area (Å²) < 4.78 is 5.82. The minimum Gasteiger partial charge on any atom is -0.450 e. The van der Waals surface area contributed by atoms with Crippen LogP contribution in [0, 0.1) is 13.8 Å². The number of carbonyl (C=O) groups excluding carboxylic acids is 2. The van der Waals surface area contributed by atoms with E-state index in [1.54, 1.807) is 19.0 Å². The molecule has 6 nitrogen and oxygen atoms in total. The van der Waals surface area contributed by atoms with Crippen LogP contribution in [-0.4, -0.2) is 61.4 Å². The monoisotopic (exact) mass is 371 g/mol. The Morgan fingerprint density at radius 1 is 1.30 bits per heavy atom. The number of furan rings is 1. The van der Waals surface area contributed by atoms with Crippen LogP contribution >= 0.6 is 0 Å². The van der Waals surface area contributed by atoms with Crippen molar-refractivity contribution in [3.05, 3.63) is 35.1 Å². The van der Waals surface area contributed by atoms with E-state index in [0.29, 0.717) is 12.3 Å². The Kier molecular flexibility index (Phi) is 5.85. The van der Waals surface area contributed by atoms with Crippen LogP contribution in [0.1, 0.15) is 40.9 Å². The maximum absolute atomic E-state index is 12.5. The second-order valence-electron chi connectivity index (χ2n) is 7.54. The second kappa shape index (κ2) is 8.13. The Morgan fingerprint density at radius 2 is 2.07 bits per heavy atom. The molecule has 0 aliphatic carbocycles. The lowest BCUT2D eigenvalue weighted by Gasteiger charge is -2.25. The van der Waals surface area contributed by atoms with E-state index in [4.69, 9.17) is 4.42 Å². The molecular formula is C21H29N3O3. The molecule has 1 atom stereocenters. The van der Waals surface area contributed by atoms with Crippen LogP contribution in [0.25, 0.3) is 11.0 Å². The molecule has 6 heteroatoms. The van der Waals surface area contributed by atoms with Gasteiger partial charge in [0.1, 0.15) is 5.58 Å². The molecule has 0 unspecified atom stereocenters. The third kappa shape index (κ3) is 4.00. The van der Waals surface area contributed by atoms with Gasteiger partial charge in [0.25, 0.3) is 5.91 Å². The number of para-hydroxylation sites is 1. The molecule has 1 fully saturated rings. The third-order valence-corrected chi connectivity index (χ3v) is 5.36. The van der Waals surface area contributed by atoms with Gasteiger partial charge in [-0.25, -0.2) is 0 Å². The van der Waals surface area contributed by atoms with Gasteiger partial charge >= 0.3 is 0 Å². The highest BCUT2D eigenvalue weighted by Gasteiger charge is 2.31. The summed E-state index contributed by atoms with van der Waals surface area (Å²) in [6.45, 7) is 6.22. The van der Waals surface area contributed by atoms with Crippen molar-refractivity contribution in [2.45, 2.75) is 39.2 Å². The van der Waals surface area contributed by atoms with Crippen LogP contribution in [0.2, 0.25) is 0 Å². The van der Waals surface area contributed by atoms with Gasteiger partial charge in [0.05, 0.1) is 6.04 Å². The van der Waals surface area contributed by atoms with Crippen LogP contribution in [0.3, 0.4) is 0 Å². The van der Waals surface area contributed by atoms with Gasteiger partial charge in [-0.05, 0) is 45.2 Å². The minimum atomic E-state index is -0.176. The van der Waals surface area contributed by atoms with Crippen molar-refractivity contribution in [3.63, 3.8) is 0 Å². The van der Waals surface area contributed by atoms with Crippen molar-refractivity contribution in [1.29, 1.82) is 0 Å². The number of likely N-dealkylation sites (tertiary alicyclic amines) is 1. The highest BCUT2D eigenvalue weighted by atomic mass is 16.3. The summed E-state index contributed by atoms with van der Waals surface area (Å²) in [5.41, 5.74) is 2.69. The van der Waals surface area contributed by atoms with Crippen LogP contribution in [0.4, 0.5) is 0 Å². The first-order valence-electron chi connectivity index (χ1n) is 9.62. The van der Waals surface area contributed by atoms with Gasteiger partial charge in [0.2, 0.25) is 5.91 Å². The maximum Gasteiger partial charge on any atom is 0.287 e. The highest BCUT2D eigenvalue weighted by molar-refractivity contribution is 5.99. The zero-order valence-electron chi connectivity index (χ0n) is 16.7. The summed E-state index contributed by atoms with van der Waals surface area (Å²) in [5.74, 6) is 0.386. The largest absolute Gasteiger partial charge is 0.450 e. The Labute approximate surface area is 160 Å². The summed E-state index contributed by atoms with van der Waals surface area (Å²) in [5, 5.41) is 3.94. The molecule has 0 bridgehead atoms. The molecule has 0 radical (unpaired) electrons. The molecule has 1 saturated heterocycles. The lowest BCUT2D eigenvalue weighted by atomic mass is 10.1. The fraction of sp³-hybridized carbons (Fsp3) is 0.524. The smallest absolute Gasteiger partial charge is 0.287 e. The van der Waals surface area contributed by atoms with Crippen LogP contribution in [-0.2, 0) is 4.79 Å². The molecule has 2 heterocycles. The molecule has 3 rings (SSSR count). The number of nitrogens with zero attached hydrogens (tertiary/aromatic N) is 2. The number of nitrogens with one attached hydrogen (secondary N) is 1. The number of hydrogen-bond donors (Lipinski definition) is 1. The van der Waals surface area contributed by atoms with Crippen molar-refractivity contribution in [2.24, 2.45) is 0 Å². The molecule has 2 amide bonds. The molecule has 1 aromatic heterocycles. The van der Waals surface area contributed by atoms with E-state index in [2.05, 4.69) is 10.2 Å². The molecule has 1 N–H and O–H groups in total. The van der Waals surface area contributed by atoms with E-state index < -0.39 is 0 Å². The van der Waals surface area contributed by atoms with Gasteiger partial charge in [-0.3, -0.25) is 14.5 Å². The van der Waals surface area contributed by atoms with E-state index in [-0.39, 0.29) is 17.9 Å². The molecule has 146 valence electrons. The van der Waals surface area contributed by atoms with Gasteiger partial charge in [0.15, 0.2) is 5.76 Å². The van der Waals surface area contributed by atoms with Crippen LogP contribution in [0.15, 0.2) is 22.6 Å². The molecule has 1 aliphatic heterocycles. The predicted molar refractivity (Wildman–Crippen MR) is 106 cm³/mol. The first kappa shape index (κ1) is 19.4. The summed E-state index contributed by atoms with van der Waals surface area (Å²) in [6.07, 6.45) is 2.77. The standard InChI is InChI=1S/C21H29N3O3/c1-14-8-5-9-16-15(2)19(27-18(14)16)20(25)22-11-7-13-24-12-6-10-17(24)21(26)23(3)4/h5,8-9,17H,6-7,10-13H2,1-4H3,(H,22,25)/t17-/m0/s1. The molecule has 1 aliphatic rings. The predicted octanol–water partition coefficient (Wildman–Crippen LogP) is 2.72. The number of hydrogen-bond acceptors (Lipinski definition) is 4. The number of rotatable bonds is 6. The number of aryl methyl sites for hydroxylation is 2. The van der Waals surface area contributed by atoms with Crippen molar-refractivity contribution in [3.8, 4) is 0 Å². The Morgan fingerprint density at radius 3 is 2.78 bits per heavy atom. The zero-order valence-corrected chi connectivity index (χ0v) is 16.7. The molecule has 0 spiro atoms. The van der Waals surface area contributed by atoms with Crippen LogP contribution < -0.4 is 5.32 Å². The third-order valence-electron chi connectivity index (χ3n) is 5.36. The lowest BCUT2D eigenvalue weighted by Crippen LogP contribution is -2.43. The van der Waals surface area contributed by atoms with Gasteiger partial charge in [-0.15, -0.1) is 0 Å². The average Bonchev–Trinajstić information content (AvgIpc) is 3.23. The number of benzene rings is 1. The Bertz CT molecular complexity index is 841. The van der Waals surface area contributed by atoms with Crippen molar-refractivity contribution < 1.29 is 14.0 Å². The zero-order chi connectivity index (χ0) is 19.6. The van der Waals surface area contributed by atoms with Gasteiger partial charge in [0, 0.05) is 38.1 Å². The number of amides is 2. The van der Waals surface area contributed by atoms with E-state index in [0.717, 1.165) is 54.4 Å². The fourth-order valence-electron chi connectivity index (χ4n) is 3.84. The molecule has 0 saturated carbocycles. The van der Waals surface area contributed by atoms with E-state index >= 15 is 0 Å². The van der Waals surface area contributed by atoms with Crippen molar-refractivity contribution >= 4 is 22.8 Å². The quantitative estimate of drug-likeness (QED) is 0.793. The lowest BCUT2D eigenvalue weighted by molar-refractivity contribution is -0.133. The summed E-state index contributed by atoms with van der Waals surface area (Å²) >= 11 is 0. The fourth-order valence-corrected chi connectivity index (χ4v) is 3.84. The van der Waals surface area contributed by atoms with Crippen molar-refractivity contribution in [1.82, 2.24) is 15.1 Å². The first-order chi connectivity index (χ1) is 12.9. The summed E-state index contributed by atoms with van der Waals surface area (Å²) in [7, 11) is 3.60. The average molecular weight is 371 g/mol. The number of likely N-dealkylation sites (N-methyl/N-ethyl adjacent to an activating group) is 1. The van der Waals surface area contributed by atoms with Gasteiger partial charge < -0.3 is 14.6 Å². The highest BCUT2D eigenvalue weighted by Crippen LogP contribution is 2.27. The van der Waals surface area contributed by atoms with E-state index in [1.807, 2.05) is 32.0 Å². The second-order valence-corrected chi connectivity index (χ2v) is 7.54. The van der Waals surface area contributed by atoms with E-state index in [9.17, 15) is 9.59 Å². The summed E-state index contributed by atoms with van der Waals surface area (Å²) in [4.78, 5) is 28.6. The van der Waals surface area contributed by atoms with Gasteiger partial charge in [-0.2, -0.15) is 0 Å². The van der Waals surface area contributed by atoms with E-state index in [1.165, 1.54) is 0 Å². The normalized spacial score (nSPS) is 17.4. The molecule has 2 aromatic rings. The van der Waals surface area contributed by atoms with Crippen LogP contribution in [0.5, 0.6) is 0 Å². The van der Waals surface area contributed by atoms with Crippen molar-refractivity contribution in [2.75, 3.05) is 33.7 Å². The Hall–Kier alpha value is -2.34. The Balaban J connectivity index is 1.54. The first-order valence-corrected chi connectivity index (χ1v) is 9.62. The maximum atomic E-state index is 12.5. The van der Waals surface area contributed by atoms with Gasteiger partial charge in [-0.1, -0.05) is 18.2 Å².